The molecular formula is C17H22FNO4S. The Labute approximate surface area is 141 Å². The van der Waals surface area contributed by atoms with E-state index in [1.807, 2.05) is 0 Å². The molecule has 2 aliphatic rings. The first-order valence-corrected chi connectivity index (χ1v) is 9.68. The minimum atomic E-state index is -3.89. The monoisotopic (exact) mass is 355 g/mol. The normalized spacial score (nSPS) is 27.7. The van der Waals surface area contributed by atoms with Crippen LogP contribution in [0, 0.1) is 18.7 Å². The summed E-state index contributed by atoms with van der Waals surface area (Å²) in [5, 5.41) is 0. The lowest BCUT2D eigenvalue weighted by Crippen LogP contribution is -2.46. The van der Waals surface area contributed by atoms with E-state index in [9.17, 15) is 17.6 Å². The molecule has 1 heterocycles. The second-order valence-corrected chi connectivity index (χ2v) is 8.44. The molecule has 0 amide bonds. The Morgan fingerprint density at radius 3 is 2.67 bits per heavy atom. The molecule has 1 aliphatic heterocycles. The fourth-order valence-electron chi connectivity index (χ4n) is 4.12. The average molecular weight is 355 g/mol. The molecule has 3 unspecified atom stereocenters. The van der Waals surface area contributed by atoms with Gasteiger partial charge < -0.3 is 4.74 Å². The van der Waals surface area contributed by atoms with Crippen molar-refractivity contribution in [3.63, 3.8) is 0 Å². The summed E-state index contributed by atoms with van der Waals surface area (Å²) in [4.78, 5) is 12.3. The number of benzene rings is 1. The molecule has 0 bridgehead atoms. The molecule has 7 heteroatoms. The van der Waals surface area contributed by atoms with Crippen LogP contribution in [0.1, 0.15) is 37.7 Å². The van der Waals surface area contributed by atoms with Crippen LogP contribution in [0.4, 0.5) is 4.39 Å². The third kappa shape index (κ3) is 2.84. The van der Waals surface area contributed by atoms with Gasteiger partial charge >= 0.3 is 5.97 Å². The molecule has 24 heavy (non-hydrogen) atoms. The van der Waals surface area contributed by atoms with Gasteiger partial charge in [0.2, 0.25) is 10.0 Å². The number of hydrogen-bond acceptors (Lipinski definition) is 4. The quantitative estimate of drug-likeness (QED) is 0.782. The van der Waals surface area contributed by atoms with Crippen molar-refractivity contribution in [1.82, 2.24) is 4.31 Å². The first kappa shape index (κ1) is 17.4. The lowest BCUT2D eigenvalue weighted by molar-refractivity contribution is -0.144. The summed E-state index contributed by atoms with van der Waals surface area (Å²) >= 11 is 0. The summed E-state index contributed by atoms with van der Waals surface area (Å²) in [6.07, 6.45) is 4.17. The molecule has 0 radical (unpaired) electrons. The number of halogens is 1. The molecule has 1 aromatic carbocycles. The molecule has 3 rings (SSSR count). The Kier molecular flexibility index (Phi) is 4.66. The maximum atomic E-state index is 13.4. The first-order chi connectivity index (χ1) is 11.4. The van der Waals surface area contributed by atoms with Crippen LogP contribution in [0.3, 0.4) is 0 Å². The number of nitrogens with zero attached hydrogens (tertiary/aromatic N) is 1. The predicted octanol–water partition coefficient (Wildman–Crippen LogP) is 2.63. The molecule has 132 valence electrons. The average Bonchev–Trinajstić information content (AvgIpc) is 2.93. The minimum Gasteiger partial charge on any atom is -0.468 e. The van der Waals surface area contributed by atoms with Crippen LogP contribution in [-0.2, 0) is 19.6 Å². The maximum Gasteiger partial charge on any atom is 0.324 e. The summed E-state index contributed by atoms with van der Waals surface area (Å²) < 4.78 is 46.0. The molecule has 0 aromatic heterocycles. The number of ether oxygens (including phenoxy) is 1. The Bertz CT molecular complexity index is 749. The van der Waals surface area contributed by atoms with Gasteiger partial charge in [0.1, 0.15) is 11.9 Å². The molecular weight excluding hydrogens is 333 g/mol. The van der Waals surface area contributed by atoms with E-state index in [2.05, 4.69) is 0 Å². The van der Waals surface area contributed by atoms with E-state index < -0.39 is 27.9 Å². The lowest BCUT2D eigenvalue weighted by Gasteiger charge is -2.32. The van der Waals surface area contributed by atoms with E-state index >= 15 is 0 Å². The second kappa shape index (κ2) is 6.44. The second-order valence-electron chi connectivity index (χ2n) is 6.63. The highest BCUT2D eigenvalue weighted by Crippen LogP contribution is 2.43. The number of hydrogen-bond donors (Lipinski definition) is 0. The molecule has 1 aromatic rings. The molecule has 1 saturated carbocycles. The number of esters is 1. The van der Waals surface area contributed by atoms with Gasteiger partial charge in [0.15, 0.2) is 0 Å². The van der Waals surface area contributed by atoms with Crippen molar-refractivity contribution in [3.05, 3.63) is 29.6 Å². The van der Waals surface area contributed by atoms with Crippen molar-refractivity contribution >= 4 is 16.0 Å². The van der Waals surface area contributed by atoms with Crippen molar-refractivity contribution in [2.75, 3.05) is 7.11 Å². The zero-order chi connectivity index (χ0) is 17.5. The van der Waals surface area contributed by atoms with E-state index in [1.54, 1.807) is 6.92 Å². The third-order valence-electron chi connectivity index (χ3n) is 5.19. The molecule has 2 fully saturated rings. The topological polar surface area (TPSA) is 63.7 Å². The summed E-state index contributed by atoms with van der Waals surface area (Å²) in [6, 6.07) is 2.65. The molecule has 1 aliphatic carbocycles. The summed E-state index contributed by atoms with van der Waals surface area (Å²) in [5.41, 5.74) is 0.345. The Morgan fingerprint density at radius 1 is 1.29 bits per heavy atom. The van der Waals surface area contributed by atoms with Crippen molar-refractivity contribution in [2.45, 2.75) is 56.0 Å². The zero-order valence-corrected chi connectivity index (χ0v) is 14.7. The largest absolute Gasteiger partial charge is 0.468 e. The summed E-state index contributed by atoms with van der Waals surface area (Å²) in [6.45, 7) is 1.57. The van der Waals surface area contributed by atoms with Gasteiger partial charge in [-0.05, 0) is 55.9 Å². The number of fused-ring (bicyclic) bond motifs is 1. The molecule has 1 saturated heterocycles. The highest BCUT2D eigenvalue weighted by Gasteiger charge is 2.51. The van der Waals surface area contributed by atoms with E-state index in [1.165, 1.54) is 23.5 Å². The van der Waals surface area contributed by atoms with E-state index in [0.29, 0.717) is 12.0 Å². The highest BCUT2D eigenvalue weighted by molar-refractivity contribution is 7.89. The standard InChI is InChI=1S/C17H22FNO4S/c1-11-9-13(18)7-8-16(11)24(21,22)19-14-6-4-3-5-12(14)10-15(19)17(20)23-2/h7-9,12,14-15H,3-6,10H2,1-2H3. The van der Waals surface area contributed by atoms with Crippen molar-refractivity contribution in [1.29, 1.82) is 0 Å². The van der Waals surface area contributed by atoms with Crippen LogP contribution in [0.25, 0.3) is 0 Å². The van der Waals surface area contributed by atoms with Crippen molar-refractivity contribution in [3.8, 4) is 0 Å². The number of methoxy groups -OCH3 is 1. The van der Waals surface area contributed by atoms with Gasteiger partial charge in [0, 0.05) is 6.04 Å². The van der Waals surface area contributed by atoms with Crippen LogP contribution < -0.4 is 0 Å². The van der Waals surface area contributed by atoms with Gasteiger partial charge in [-0.1, -0.05) is 12.8 Å². The van der Waals surface area contributed by atoms with Crippen LogP contribution in [0.15, 0.2) is 23.1 Å². The Balaban J connectivity index is 2.06. The highest BCUT2D eigenvalue weighted by atomic mass is 32.2. The van der Waals surface area contributed by atoms with E-state index in [-0.39, 0.29) is 16.9 Å². The Hall–Kier alpha value is -1.47. The zero-order valence-electron chi connectivity index (χ0n) is 13.9. The van der Waals surface area contributed by atoms with Gasteiger partial charge in [0.05, 0.1) is 12.0 Å². The van der Waals surface area contributed by atoms with E-state index in [4.69, 9.17) is 4.74 Å². The number of carbonyl (C=O) groups excluding carboxylic acids is 1. The van der Waals surface area contributed by atoms with Gasteiger partial charge in [0.25, 0.3) is 0 Å². The predicted molar refractivity (Wildman–Crippen MR) is 86.3 cm³/mol. The number of rotatable bonds is 3. The Morgan fingerprint density at radius 2 is 2.00 bits per heavy atom. The third-order valence-corrected chi connectivity index (χ3v) is 7.29. The SMILES string of the molecule is COC(=O)C1CC2CCCCC2N1S(=O)(=O)c1ccc(F)cc1C. The number of aryl methyl sites for hydroxylation is 1. The molecule has 0 spiro atoms. The summed E-state index contributed by atoms with van der Waals surface area (Å²) in [7, 11) is -2.62. The van der Waals surface area contributed by atoms with Crippen LogP contribution >= 0.6 is 0 Å². The maximum absolute atomic E-state index is 13.4. The smallest absolute Gasteiger partial charge is 0.324 e. The minimum absolute atomic E-state index is 0.0593. The fraction of sp³-hybridized carbons (Fsp3) is 0.588. The lowest BCUT2D eigenvalue weighted by atomic mass is 9.85. The van der Waals surface area contributed by atoms with Gasteiger partial charge in [-0.3, -0.25) is 4.79 Å². The number of carbonyl (C=O) groups is 1. The summed E-state index contributed by atoms with van der Waals surface area (Å²) in [5.74, 6) is -0.820. The first-order valence-electron chi connectivity index (χ1n) is 8.23. The van der Waals surface area contributed by atoms with Crippen LogP contribution in [-0.4, -0.2) is 37.9 Å². The van der Waals surface area contributed by atoms with Gasteiger partial charge in [-0.2, -0.15) is 4.31 Å². The molecule has 0 N–H and O–H groups in total. The van der Waals surface area contributed by atoms with E-state index in [0.717, 1.165) is 31.7 Å². The van der Waals surface area contributed by atoms with Crippen molar-refractivity contribution < 1.29 is 22.3 Å². The van der Waals surface area contributed by atoms with Crippen molar-refractivity contribution in [2.24, 2.45) is 5.92 Å². The van der Waals surface area contributed by atoms with Crippen LogP contribution in [0.5, 0.6) is 0 Å². The fourth-order valence-corrected chi connectivity index (χ4v) is 6.19. The molecule has 3 atom stereocenters. The molecule has 5 nitrogen and oxygen atoms in total. The van der Waals surface area contributed by atoms with Gasteiger partial charge in [-0.25, -0.2) is 12.8 Å². The van der Waals surface area contributed by atoms with Gasteiger partial charge in [-0.15, -0.1) is 0 Å². The van der Waals surface area contributed by atoms with Crippen LogP contribution in [0.2, 0.25) is 0 Å². The number of sulfonamides is 1.